The Morgan fingerprint density at radius 1 is 0.974 bits per heavy atom. The highest BCUT2D eigenvalue weighted by Gasteiger charge is 2.30. The minimum atomic E-state index is -0.0471. The first-order valence-corrected chi connectivity index (χ1v) is 15.0. The van der Waals surface area contributed by atoms with Crippen molar-refractivity contribution < 1.29 is 11.0 Å². The Kier molecular flexibility index (Phi) is 9.15. The van der Waals surface area contributed by atoms with Crippen LogP contribution in [-0.4, -0.2) is 78.5 Å². The van der Waals surface area contributed by atoms with Gasteiger partial charge in [0.1, 0.15) is 5.82 Å². The molecule has 1 aromatic heterocycles. The van der Waals surface area contributed by atoms with E-state index in [1.54, 1.807) is 30.5 Å². The van der Waals surface area contributed by atoms with Crippen LogP contribution in [0, 0.1) is 17.2 Å². The van der Waals surface area contributed by atoms with Crippen LogP contribution in [0.4, 0.5) is 5.82 Å². The summed E-state index contributed by atoms with van der Waals surface area (Å²) in [5, 5.41) is 12.1. The van der Waals surface area contributed by atoms with Crippen molar-refractivity contribution in [1.82, 2.24) is 20.1 Å². The standard InChI is InChI=1S/C30H37BrN6O2.H2/c31-27-18-25(29(38)34-20-23-4-2-1-3-5-23)21-33-28(27)36-16-14-35(15-17-36)26-10-12-37(13-11-26)30(39)24-8-6-22(19-32)7-9-24;/h6-9,18,21,23,26H,1-5,10-17,20H2,(H,34,38);1H. The Hall–Kier alpha value is -2.96. The van der Waals surface area contributed by atoms with Crippen molar-refractivity contribution in [3.63, 3.8) is 0 Å². The molecule has 1 aliphatic carbocycles. The SMILES string of the molecule is N#Cc1ccc(C(=O)N2CCC(N3CCN(c4ncc(C(=O)NCC5CCCCC5)cc4Br)CC3)CC2)cc1.[HH]. The molecule has 39 heavy (non-hydrogen) atoms. The third-order valence-corrected chi connectivity index (χ3v) is 9.09. The van der Waals surface area contributed by atoms with Crippen molar-refractivity contribution in [3.8, 4) is 6.07 Å². The van der Waals surface area contributed by atoms with E-state index >= 15 is 0 Å². The Labute approximate surface area is 241 Å². The number of pyridine rings is 1. The Morgan fingerprint density at radius 3 is 2.31 bits per heavy atom. The molecule has 3 fully saturated rings. The van der Waals surface area contributed by atoms with Gasteiger partial charge in [0.15, 0.2) is 0 Å². The zero-order chi connectivity index (χ0) is 27.2. The van der Waals surface area contributed by atoms with Crippen molar-refractivity contribution in [2.24, 2.45) is 5.92 Å². The first-order chi connectivity index (χ1) is 19.0. The van der Waals surface area contributed by atoms with E-state index in [0.29, 0.717) is 28.7 Å². The second kappa shape index (κ2) is 12.9. The van der Waals surface area contributed by atoms with E-state index in [-0.39, 0.29) is 13.2 Å². The fourth-order valence-electron chi connectivity index (χ4n) is 6.12. The number of nitrogens with zero attached hydrogens (tertiary/aromatic N) is 5. The third-order valence-electron chi connectivity index (χ3n) is 8.50. The molecule has 2 aromatic rings. The summed E-state index contributed by atoms with van der Waals surface area (Å²) in [7, 11) is 0. The number of anilines is 1. The summed E-state index contributed by atoms with van der Waals surface area (Å²) >= 11 is 3.67. The molecule has 1 saturated carbocycles. The predicted octanol–water partition coefficient (Wildman–Crippen LogP) is 4.70. The number of nitrogens with one attached hydrogen (secondary N) is 1. The van der Waals surface area contributed by atoms with Crippen molar-refractivity contribution in [1.29, 1.82) is 5.26 Å². The lowest BCUT2D eigenvalue weighted by Crippen LogP contribution is -2.54. The van der Waals surface area contributed by atoms with Crippen molar-refractivity contribution in [2.45, 2.75) is 51.0 Å². The second-order valence-electron chi connectivity index (χ2n) is 11.0. The molecule has 0 unspecified atom stereocenters. The summed E-state index contributed by atoms with van der Waals surface area (Å²) in [6.45, 7) is 5.91. The molecule has 1 N–H and O–H groups in total. The molecular formula is C30H39BrN6O2. The van der Waals surface area contributed by atoms with Crippen LogP contribution in [0.1, 0.15) is 72.7 Å². The lowest BCUT2D eigenvalue weighted by atomic mass is 9.89. The van der Waals surface area contributed by atoms with E-state index in [1.807, 2.05) is 11.0 Å². The molecule has 0 radical (unpaired) electrons. The zero-order valence-corrected chi connectivity index (χ0v) is 24.0. The molecule has 9 heteroatoms. The van der Waals surface area contributed by atoms with Crippen LogP contribution in [0.15, 0.2) is 41.0 Å². The first-order valence-electron chi connectivity index (χ1n) is 14.2. The number of rotatable bonds is 6. The number of likely N-dealkylation sites (tertiary alicyclic amines) is 1. The van der Waals surface area contributed by atoms with Crippen molar-refractivity contribution in [2.75, 3.05) is 50.7 Å². The largest absolute Gasteiger partial charge is 0.353 e. The highest BCUT2D eigenvalue weighted by Crippen LogP contribution is 2.28. The summed E-state index contributed by atoms with van der Waals surface area (Å²) in [6, 6.07) is 11.4. The molecule has 3 heterocycles. The minimum absolute atomic E-state index is 0. The Balaban J connectivity index is 0.00000370. The molecule has 2 amide bonds. The van der Waals surface area contributed by atoms with Gasteiger partial charge in [0.25, 0.3) is 11.8 Å². The number of aromatic nitrogens is 1. The lowest BCUT2D eigenvalue weighted by molar-refractivity contribution is 0.0610. The maximum absolute atomic E-state index is 12.9. The molecule has 0 bridgehead atoms. The monoisotopic (exact) mass is 594 g/mol. The summed E-state index contributed by atoms with van der Waals surface area (Å²) in [5.41, 5.74) is 1.81. The van der Waals surface area contributed by atoms with Gasteiger partial charge in [0.05, 0.1) is 21.7 Å². The quantitative estimate of drug-likeness (QED) is 0.521. The fraction of sp³-hybridized carbons (Fsp3) is 0.533. The average molecular weight is 596 g/mol. The van der Waals surface area contributed by atoms with Gasteiger partial charge in [-0.05, 0) is 77.9 Å². The van der Waals surface area contributed by atoms with E-state index in [2.05, 4.69) is 42.1 Å². The van der Waals surface area contributed by atoms with E-state index in [1.165, 1.54) is 32.1 Å². The predicted molar refractivity (Wildman–Crippen MR) is 157 cm³/mol. The number of carbonyl (C=O) groups is 2. The maximum atomic E-state index is 12.9. The van der Waals surface area contributed by atoms with Crippen LogP contribution in [0.2, 0.25) is 0 Å². The van der Waals surface area contributed by atoms with E-state index < -0.39 is 0 Å². The second-order valence-corrected chi connectivity index (χ2v) is 11.8. The van der Waals surface area contributed by atoms with Gasteiger partial charge in [-0.3, -0.25) is 14.5 Å². The van der Waals surface area contributed by atoms with Gasteiger partial charge in [-0.2, -0.15) is 5.26 Å². The molecule has 8 nitrogen and oxygen atoms in total. The number of hydrogen-bond acceptors (Lipinski definition) is 6. The first kappa shape index (κ1) is 27.6. The maximum Gasteiger partial charge on any atom is 0.253 e. The minimum Gasteiger partial charge on any atom is -0.353 e. The van der Waals surface area contributed by atoms with Crippen LogP contribution in [0.3, 0.4) is 0 Å². The van der Waals surface area contributed by atoms with Gasteiger partial charge in [-0.1, -0.05) is 19.3 Å². The van der Waals surface area contributed by atoms with Crippen LogP contribution < -0.4 is 10.2 Å². The lowest BCUT2D eigenvalue weighted by Gasteiger charge is -2.43. The molecule has 0 spiro atoms. The van der Waals surface area contributed by atoms with Crippen molar-refractivity contribution >= 4 is 33.6 Å². The van der Waals surface area contributed by atoms with E-state index in [4.69, 9.17) is 5.26 Å². The summed E-state index contributed by atoms with van der Waals surface area (Å²) in [4.78, 5) is 37.0. The molecule has 208 valence electrons. The topological polar surface area (TPSA) is 92.6 Å². The number of piperidine rings is 1. The molecule has 5 rings (SSSR count). The number of hydrogen-bond donors (Lipinski definition) is 1. The smallest absolute Gasteiger partial charge is 0.253 e. The number of benzene rings is 1. The Bertz CT molecular complexity index is 1200. The average Bonchev–Trinajstić information content (AvgIpc) is 3.00. The van der Waals surface area contributed by atoms with Gasteiger partial charge in [0, 0.05) is 65.0 Å². The highest BCUT2D eigenvalue weighted by molar-refractivity contribution is 9.10. The molecule has 3 aliphatic rings. The number of carbonyl (C=O) groups excluding carboxylic acids is 2. The normalized spacial score (nSPS) is 19.5. The van der Waals surface area contributed by atoms with E-state index in [0.717, 1.165) is 68.9 Å². The van der Waals surface area contributed by atoms with Crippen LogP contribution in [0.5, 0.6) is 0 Å². The summed E-state index contributed by atoms with van der Waals surface area (Å²) in [6.07, 6.45) is 9.92. The number of amides is 2. The van der Waals surface area contributed by atoms with Gasteiger partial charge < -0.3 is 15.1 Å². The molecule has 1 aromatic carbocycles. The van der Waals surface area contributed by atoms with E-state index in [9.17, 15) is 9.59 Å². The van der Waals surface area contributed by atoms with Crippen LogP contribution in [0.25, 0.3) is 0 Å². The zero-order valence-electron chi connectivity index (χ0n) is 22.4. The molecule has 2 aliphatic heterocycles. The highest BCUT2D eigenvalue weighted by atomic mass is 79.9. The molecular weight excluding hydrogens is 556 g/mol. The van der Waals surface area contributed by atoms with Gasteiger partial charge in [-0.15, -0.1) is 0 Å². The van der Waals surface area contributed by atoms with Gasteiger partial charge in [0.2, 0.25) is 0 Å². The number of halogens is 1. The molecule has 2 saturated heterocycles. The fourth-order valence-corrected chi connectivity index (χ4v) is 6.72. The molecule has 0 atom stereocenters. The third kappa shape index (κ3) is 6.79. The number of nitriles is 1. The Morgan fingerprint density at radius 2 is 1.67 bits per heavy atom. The van der Waals surface area contributed by atoms with Crippen LogP contribution in [-0.2, 0) is 0 Å². The summed E-state index contributed by atoms with van der Waals surface area (Å²) in [5.74, 6) is 1.49. The van der Waals surface area contributed by atoms with Crippen LogP contribution >= 0.6 is 15.9 Å². The van der Waals surface area contributed by atoms with Crippen molar-refractivity contribution in [3.05, 3.63) is 57.7 Å². The van der Waals surface area contributed by atoms with Gasteiger partial charge in [-0.25, -0.2) is 4.98 Å². The van der Waals surface area contributed by atoms with Gasteiger partial charge >= 0.3 is 0 Å². The number of piperazine rings is 1. The summed E-state index contributed by atoms with van der Waals surface area (Å²) < 4.78 is 0.857.